The lowest BCUT2D eigenvalue weighted by atomic mass is 10.0. The number of Topliss-reactive ketones (excluding diaryl/α,β-unsaturated/α-hetero) is 1. The van der Waals surface area contributed by atoms with Crippen molar-refractivity contribution in [1.29, 1.82) is 0 Å². The van der Waals surface area contributed by atoms with Gasteiger partial charge in [-0.05, 0) is 50.5 Å². The molecule has 0 saturated heterocycles. The van der Waals surface area contributed by atoms with Crippen molar-refractivity contribution in [3.63, 3.8) is 0 Å². The Morgan fingerprint density at radius 1 is 1.18 bits per heavy atom. The first-order valence-electron chi connectivity index (χ1n) is 11.9. The van der Waals surface area contributed by atoms with Gasteiger partial charge in [0.15, 0.2) is 0 Å². The molecule has 40 heavy (non-hydrogen) atoms. The molecule has 4 N–H and O–H groups in total. The lowest BCUT2D eigenvalue weighted by Crippen LogP contribution is -2.52. The van der Waals surface area contributed by atoms with E-state index in [1.807, 2.05) is 0 Å². The number of amides is 2. The molecular formula is C27H30F4N4O5. The van der Waals surface area contributed by atoms with Crippen LogP contribution in [0, 0.1) is 37.9 Å². The number of aromatic nitrogens is 1. The van der Waals surface area contributed by atoms with Crippen molar-refractivity contribution in [1.82, 2.24) is 9.88 Å². The molecule has 9 nitrogen and oxygen atoms in total. The molecule has 0 radical (unpaired) electrons. The minimum absolute atomic E-state index is 0.0625. The molecule has 13 heteroatoms. The number of carbonyl (C=O) groups excluding carboxylic acids is 4. The van der Waals surface area contributed by atoms with Crippen LogP contribution in [0.15, 0.2) is 18.2 Å². The van der Waals surface area contributed by atoms with E-state index in [9.17, 15) is 36.7 Å². The van der Waals surface area contributed by atoms with Gasteiger partial charge in [0.25, 0.3) is 17.6 Å². The number of esters is 1. The number of ether oxygens (including phenoxy) is 1. The van der Waals surface area contributed by atoms with Gasteiger partial charge in [-0.1, -0.05) is 19.8 Å². The van der Waals surface area contributed by atoms with Gasteiger partial charge in [0.1, 0.15) is 29.7 Å². The number of terminal acetylenes is 1. The normalized spacial score (nSPS) is 13.7. The largest absolute Gasteiger partial charge is 0.461 e. The van der Waals surface area contributed by atoms with Crippen molar-refractivity contribution >= 4 is 29.3 Å². The van der Waals surface area contributed by atoms with E-state index in [0.717, 1.165) is 6.07 Å². The van der Waals surface area contributed by atoms with Crippen molar-refractivity contribution in [3.8, 4) is 12.3 Å². The summed E-state index contributed by atoms with van der Waals surface area (Å²) in [6.45, 7) is 7.15. The zero-order valence-electron chi connectivity index (χ0n) is 22.7. The van der Waals surface area contributed by atoms with Gasteiger partial charge < -0.3 is 25.7 Å². The fourth-order valence-corrected chi connectivity index (χ4v) is 3.76. The van der Waals surface area contributed by atoms with E-state index in [0.29, 0.717) is 12.1 Å². The zero-order valence-corrected chi connectivity index (χ0v) is 22.7. The summed E-state index contributed by atoms with van der Waals surface area (Å²) in [6, 6.07) is 1.04. The summed E-state index contributed by atoms with van der Waals surface area (Å²) >= 11 is 0. The third-order valence-corrected chi connectivity index (χ3v) is 6.31. The molecular weight excluding hydrogens is 536 g/mol. The molecule has 0 spiro atoms. The molecule has 1 heterocycles. The standard InChI is InChI=1S/C27H30F4N4O5/c1-8-26(6,12-40-25(39)20(32)13(2)3)34-24(38)22(36)19-14(4)21(35(7)15(19)5)23(37)33-16-9-10-18(28)17(11-16)27(29,30)31/h1,9-11,13,20H,12,32H2,2-7H3,(H,33,37)(H,34,38)/t20-,26-/m0/s1. The number of nitrogens with one attached hydrogen (secondary N) is 2. The van der Waals surface area contributed by atoms with Gasteiger partial charge in [-0.2, -0.15) is 13.2 Å². The van der Waals surface area contributed by atoms with Crippen LogP contribution in [0.1, 0.15) is 58.4 Å². The highest BCUT2D eigenvalue weighted by Gasteiger charge is 2.36. The number of nitrogens with zero attached hydrogens (tertiary/aromatic N) is 1. The molecule has 2 atom stereocenters. The third-order valence-electron chi connectivity index (χ3n) is 6.31. The number of carbonyl (C=O) groups is 4. The minimum Gasteiger partial charge on any atom is -0.461 e. The number of benzene rings is 1. The Balaban J connectivity index is 2.29. The predicted molar refractivity (Wildman–Crippen MR) is 138 cm³/mol. The first kappa shape index (κ1) is 32.0. The molecule has 0 saturated carbocycles. The lowest BCUT2D eigenvalue weighted by Gasteiger charge is -2.25. The molecule has 2 aromatic rings. The van der Waals surface area contributed by atoms with E-state index in [4.69, 9.17) is 16.9 Å². The Hall–Kier alpha value is -4.18. The SMILES string of the molecule is C#C[C@@](C)(COC(=O)[C@@H](N)C(C)C)NC(=O)C(=O)c1c(C)c(C(=O)Nc2ccc(F)c(C(F)(F)F)c2)n(C)c1C. The molecule has 0 aliphatic heterocycles. The van der Waals surface area contributed by atoms with Crippen LogP contribution in [0.5, 0.6) is 0 Å². The van der Waals surface area contributed by atoms with E-state index in [1.165, 1.54) is 32.4 Å². The quantitative estimate of drug-likeness (QED) is 0.140. The molecule has 0 unspecified atom stereocenters. The summed E-state index contributed by atoms with van der Waals surface area (Å²) in [7, 11) is 1.42. The number of ketones is 1. The number of nitrogens with two attached hydrogens (primary N) is 1. The molecule has 2 rings (SSSR count). The highest BCUT2D eigenvalue weighted by molar-refractivity contribution is 6.44. The zero-order chi connectivity index (χ0) is 30.7. The van der Waals surface area contributed by atoms with Crippen LogP contribution in [-0.4, -0.2) is 46.3 Å². The van der Waals surface area contributed by atoms with Crippen LogP contribution < -0.4 is 16.4 Å². The van der Waals surface area contributed by atoms with Crippen LogP contribution in [-0.2, 0) is 27.5 Å². The monoisotopic (exact) mass is 566 g/mol. The van der Waals surface area contributed by atoms with Gasteiger partial charge in [-0.25, -0.2) is 4.39 Å². The van der Waals surface area contributed by atoms with Crippen molar-refractivity contribution in [2.75, 3.05) is 11.9 Å². The van der Waals surface area contributed by atoms with Crippen LogP contribution >= 0.6 is 0 Å². The van der Waals surface area contributed by atoms with Crippen LogP contribution in [0.3, 0.4) is 0 Å². The van der Waals surface area contributed by atoms with E-state index < -0.39 is 59.3 Å². The molecule has 1 aromatic heterocycles. The van der Waals surface area contributed by atoms with E-state index >= 15 is 0 Å². The molecule has 1 aromatic carbocycles. The Kier molecular flexibility index (Phi) is 9.54. The van der Waals surface area contributed by atoms with E-state index in [2.05, 4.69) is 16.6 Å². The third kappa shape index (κ3) is 6.87. The van der Waals surface area contributed by atoms with Gasteiger partial charge in [-0.3, -0.25) is 19.2 Å². The minimum atomic E-state index is -4.99. The Morgan fingerprint density at radius 2 is 1.77 bits per heavy atom. The van der Waals surface area contributed by atoms with E-state index in [-0.39, 0.29) is 34.1 Å². The smallest absolute Gasteiger partial charge is 0.419 e. The second-order valence-corrected chi connectivity index (χ2v) is 9.78. The number of anilines is 1. The number of hydrogen-bond donors (Lipinski definition) is 3. The average molecular weight is 567 g/mol. The molecule has 216 valence electrons. The first-order chi connectivity index (χ1) is 18.3. The van der Waals surface area contributed by atoms with Gasteiger partial charge in [0.05, 0.1) is 11.1 Å². The maximum Gasteiger partial charge on any atom is 0.419 e. The van der Waals surface area contributed by atoms with E-state index in [1.54, 1.807) is 13.8 Å². The summed E-state index contributed by atoms with van der Waals surface area (Å²) < 4.78 is 59.2. The average Bonchev–Trinajstić information content (AvgIpc) is 3.09. The number of hydrogen-bond acceptors (Lipinski definition) is 6. The van der Waals surface area contributed by atoms with Crippen LogP contribution in [0.25, 0.3) is 0 Å². The molecule has 2 amide bonds. The molecule has 0 aliphatic rings. The summed E-state index contributed by atoms with van der Waals surface area (Å²) in [4.78, 5) is 51.1. The summed E-state index contributed by atoms with van der Waals surface area (Å²) in [5, 5.41) is 4.60. The fraction of sp³-hybridized carbons (Fsp3) is 0.407. The Morgan fingerprint density at radius 3 is 2.30 bits per heavy atom. The summed E-state index contributed by atoms with van der Waals surface area (Å²) in [5.41, 5.74) is 2.27. The highest BCUT2D eigenvalue weighted by Crippen LogP contribution is 2.33. The number of halogens is 4. The molecule has 0 fully saturated rings. The second-order valence-electron chi connectivity index (χ2n) is 9.78. The summed E-state index contributed by atoms with van der Waals surface area (Å²) in [5.74, 6) is -3.31. The van der Waals surface area contributed by atoms with Gasteiger partial charge in [-0.15, -0.1) is 6.42 Å². The predicted octanol–water partition coefficient (Wildman–Crippen LogP) is 3.27. The van der Waals surface area contributed by atoms with Crippen LogP contribution in [0.4, 0.5) is 23.2 Å². The first-order valence-corrected chi connectivity index (χ1v) is 11.9. The highest BCUT2D eigenvalue weighted by atomic mass is 19.4. The maximum atomic E-state index is 13.6. The van der Waals surface area contributed by atoms with Gasteiger partial charge >= 0.3 is 12.1 Å². The van der Waals surface area contributed by atoms with Crippen molar-refractivity contribution in [2.45, 2.75) is 52.4 Å². The summed E-state index contributed by atoms with van der Waals surface area (Å²) in [6.07, 6.45) is 0.529. The van der Waals surface area contributed by atoms with Crippen molar-refractivity contribution in [3.05, 3.63) is 52.1 Å². The van der Waals surface area contributed by atoms with Crippen LogP contribution in [0.2, 0.25) is 0 Å². The van der Waals surface area contributed by atoms with Gasteiger partial charge in [0, 0.05) is 18.4 Å². The van der Waals surface area contributed by atoms with Crippen molar-refractivity contribution in [2.24, 2.45) is 18.7 Å². The topological polar surface area (TPSA) is 133 Å². The fourth-order valence-electron chi connectivity index (χ4n) is 3.76. The molecule has 0 aliphatic carbocycles. The number of rotatable bonds is 9. The number of alkyl halides is 3. The lowest BCUT2D eigenvalue weighted by molar-refractivity contribution is -0.148. The Bertz CT molecular complexity index is 1390. The maximum absolute atomic E-state index is 13.6. The second kappa shape index (κ2) is 11.9. The van der Waals surface area contributed by atoms with Crippen molar-refractivity contribution < 1.29 is 41.5 Å². The van der Waals surface area contributed by atoms with Gasteiger partial charge in [0.2, 0.25) is 0 Å². The molecule has 0 bridgehead atoms. The Labute approximate surface area is 228 Å².